The van der Waals surface area contributed by atoms with Gasteiger partial charge in [-0.25, -0.2) is 12.7 Å². The Labute approximate surface area is 172 Å². The Balaban J connectivity index is 1.77. The highest BCUT2D eigenvalue weighted by molar-refractivity contribution is 7.89. The largest absolute Gasteiger partial charge is 0.256 e. The summed E-state index contributed by atoms with van der Waals surface area (Å²) in [5, 5.41) is 0.752. The molecular formula is C22H25ClN2O2S. The number of pyridine rings is 1. The van der Waals surface area contributed by atoms with Gasteiger partial charge in [-0.15, -0.1) is 0 Å². The SMILES string of the molecule is CCCS(=O)(=O)N1CCC(=C2c3ccc(Cl)cc3CCc3cccnc32)CC1. The quantitative estimate of drug-likeness (QED) is 0.741. The summed E-state index contributed by atoms with van der Waals surface area (Å²) in [4.78, 5) is 4.73. The van der Waals surface area contributed by atoms with E-state index < -0.39 is 10.0 Å². The van der Waals surface area contributed by atoms with Crippen molar-refractivity contribution in [3.05, 3.63) is 69.5 Å². The van der Waals surface area contributed by atoms with Crippen molar-refractivity contribution in [1.82, 2.24) is 9.29 Å². The van der Waals surface area contributed by atoms with E-state index in [0.29, 0.717) is 19.5 Å². The van der Waals surface area contributed by atoms with E-state index >= 15 is 0 Å². The van der Waals surface area contributed by atoms with Gasteiger partial charge < -0.3 is 0 Å². The molecule has 1 saturated heterocycles. The minimum absolute atomic E-state index is 0.227. The van der Waals surface area contributed by atoms with Gasteiger partial charge in [0.1, 0.15) is 0 Å². The predicted octanol–water partition coefficient (Wildman–Crippen LogP) is 4.47. The molecule has 0 atom stereocenters. The number of aromatic nitrogens is 1. The van der Waals surface area contributed by atoms with Gasteiger partial charge in [-0.3, -0.25) is 4.98 Å². The lowest BCUT2D eigenvalue weighted by Gasteiger charge is -2.29. The number of aryl methyl sites for hydroxylation is 2. The van der Waals surface area contributed by atoms with Crippen molar-refractivity contribution in [2.24, 2.45) is 0 Å². The van der Waals surface area contributed by atoms with Gasteiger partial charge in [-0.1, -0.05) is 36.2 Å². The first-order chi connectivity index (χ1) is 13.5. The third-order valence-electron chi connectivity index (χ3n) is 5.66. The number of hydrogen-bond donors (Lipinski definition) is 0. The molecule has 0 bridgehead atoms. The summed E-state index contributed by atoms with van der Waals surface area (Å²) in [6.45, 7) is 3.00. The Kier molecular flexibility index (Phi) is 5.59. The van der Waals surface area contributed by atoms with Crippen LogP contribution in [0.3, 0.4) is 0 Å². The molecule has 1 aliphatic heterocycles. The third-order valence-corrected chi connectivity index (χ3v) is 7.97. The molecule has 2 aromatic rings. The number of sulfonamides is 1. The molecule has 0 saturated carbocycles. The average Bonchev–Trinajstić information content (AvgIpc) is 2.85. The summed E-state index contributed by atoms with van der Waals surface area (Å²) in [6.07, 6.45) is 5.86. The van der Waals surface area contributed by atoms with Crippen LogP contribution in [0.5, 0.6) is 0 Å². The zero-order chi connectivity index (χ0) is 19.7. The summed E-state index contributed by atoms with van der Waals surface area (Å²) in [5.41, 5.74) is 7.22. The molecule has 0 amide bonds. The van der Waals surface area contributed by atoms with Crippen LogP contribution in [0.15, 0.2) is 42.1 Å². The zero-order valence-electron chi connectivity index (χ0n) is 16.1. The maximum absolute atomic E-state index is 12.4. The molecule has 1 aliphatic carbocycles. The van der Waals surface area contributed by atoms with Crippen LogP contribution >= 0.6 is 11.6 Å². The average molecular weight is 417 g/mol. The van der Waals surface area contributed by atoms with Crippen molar-refractivity contribution in [2.45, 2.75) is 39.0 Å². The van der Waals surface area contributed by atoms with Crippen LogP contribution in [0.25, 0.3) is 5.57 Å². The molecule has 4 nitrogen and oxygen atoms in total. The Morgan fingerprint density at radius 2 is 1.82 bits per heavy atom. The van der Waals surface area contributed by atoms with E-state index in [2.05, 4.69) is 18.2 Å². The summed E-state index contributed by atoms with van der Waals surface area (Å²) in [7, 11) is -3.14. The number of fused-ring (bicyclic) bond motifs is 2. The van der Waals surface area contributed by atoms with Gasteiger partial charge in [-0.05, 0) is 67.0 Å². The van der Waals surface area contributed by atoms with E-state index in [1.54, 1.807) is 4.31 Å². The van der Waals surface area contributed by atoms with Crippen molar-refractivity contribution < 1.29 is 8.42 Å². The second-order valence-corrected chi connectivity index (χ2v) is 10.0. The molecule has 0 N–H and O–H groups in total. The first-order valence-electron chi connectivity index (χ1n) is 9.92. The van der Waals surface area contributed by atoms with E-state index in [4.69, 9.17) is 16.6 Å². The fourth-order valence-electron chi connectivity index (χ4n) is 4.30. The molecule has 28 heavy (non-hydrogen) atoms. The lowest BCUT2D eigenvalue weighted by atomic mass is 9.89. The first-order valence-corrected chi connectivity index (χ1v) is 11.9. The van der Waals surface area contributed by atoms with Gasteiger partial charge in [0.05, 0.1) is 11.4 Å². The van der Waals surface area contributed by atoms with Crippen LogP contribution in [0.1, 0.15) is 48.6 Å². The molecule has 148 valence electrons. The summed E-state index contributed by atoms with van der Waals surface area (Å²) >= 11 is 6.27. The van der Waals surface area contributed by atoms with Crippen molar-refractivity contribution in [3.63, 3.8) is 0 Å². The lowest BCUT2D eigenvalue weighted by molar-refractivity contribution is 0.387. The number of piperidine rings is 1. The predicted molar refractivity (Wildman–Crippen MR) is 114 cm³/mol. The van der Waals surface area contributed by atoms with Gasteiger partial charge in [-0.2, -0.15) is 0 Å². The van der Waals surface area contributed by atoms with Gasteiger partial charge >= 0.3 is 0 Å². The van der Waals surface area contributed by atoms with Gasteiger partial charge in [0.15, 0.2) is 0 Å². The van der Waals surface area contributed by atoms with Crippen LogP contribution in [0.4, 0.5) is 0 Å². The number of nitrogens with zero attached hydrogens (tertiary/aromatic N) is 2. The highest BCUT2D eigenvalue weighted by atomic mass is 35.5. The number of halogens is 1. The van der Waals surface area contributed by atoms with Crippen molar-refractivity contribution in [1.29, 1.82) is 0 Å². The Bertz CT molecular complexity index is 1020. The Morgan fingerprint density at radius 1 is 1.07 bits per heavy atom. The maximum atomic E-state index is 12.4. The summed E-state index contributed by atoms with van der Waals surface area (Å²) in [6, 6.07) is 10.2. The monoisotopic (exact) mass is 416 g/mol. The van der Waals surface area contributed by atoms with E-state index in [9.17, 15) is 8.42 Å². The minimum Gasteiger partial charge on any atom is -0.256 e. The molecule has 4 rings (SSSR count). The lowest BCUT2D eigenvalue weighted by Crippen LogP contribution is -2.38. The van der Waals surface area contributed by atoms with E-state index in [1.807, 2.05) is 25.3 Å². The molecular weight excluding hydrogens is 392 g/mol. The third kappa shape index (κ3) is 3.76. The maximum Gasteiger partial charge on any atom is 0.214 e. The van der Waals surface area contributed by atoms with Crippen molar-refractivity contribution >= 4 is 27.2 Å². The van der Waals surface area contributed by atoms with Crippen LogP contribution in [-0.4, -0.2) is 36.5 Å². The topological polar surface area (TPSA) is 50.3 Å². The number of rotatable bonds is 3. The van der Waals surface area contributed by atoms with E-state index in [-0.39, 0.29) is 5.75 Å². The van der Waals surface area contributed by atoms with Gasteiger partial charge in [0.2, 0.25) is 10.0 Å². The van der Waals surface area contributed by atoms with Crippen molar-refractivity contribution in [3.8, 4) is 0 Å². The zero-order valence-corrected chi connectivity index (χ0v) is 17.7. The molecule has 6 heteroatoms. The first kappa shape index (κ1) is 19.6. The summed E-state index contributed by atoms with van der Waals surface area (Å²) < 4.78 is 26.5. The molecule has 0 unspecified atom stereocenters. The van der Waals surface area contributed by atoms with Gasteiger partial charge in [0, 0.05) is 29.9 Å². The second-order valence-electron chi connectivity index (χ2n) is 7.51. The normalized spacial score (nSPS) is 17.8. The number of hydrogen-bond acceptors (Lipinski definition) is 3. The molecule has 0 radical (unpaired) electrons. The van der Waals surface area contributed by atoms with E-state index in [1.165, 1.54) is 27.8 Å². The van der Waals surface area contributed by atoms with Crippen LogP contribution < -0.4 is 0 Å². The molecule has 1 fully saturated rings. The molecule has 2 heterocycles. The van der Waals surface area contributed by atoms with Crippen molar-refractivity contribution in [2.75, 3.05) is 18.8 Å². The molecule has 2 aliphatic rings. The Morgan fingerprint density at radius 3 is 2.57 bits per heavy atom. The van der Waals surface area contributed by atoms with Crippen LogP contribution in [0, 0.1) is 0 Å². The fourth-order valence-corrected chi connectivity index (χ4v) is 6.01. The standard InChI is InChI=1S/C22H25ClN2O2S/c1-2-14-28(26,27)25-12-9-16(10-13-25)21-20-8-7-19(23)15-18(20)6-5-17-4-3-11-24-22(17)21/h3-4,7-8,11,15H,2,5-6,9-10,12-14H2,1H3. The molecule has 1 aromatic carbocycles. The number of benzene rings is 1. The highest BCUT2D eigenvalue weighted by Gasteiger charge is 2.28. The summed E-state index contributed by atoms with van der Waals surface area (Å²) in [5.74, 6) is 0.227. The minimum atomic E-state index is -3.14. The van der Waals surface area contributed by atoms with Gasteiger partial charge in [0.25, 0.3) is 0 Å². The van der Waals surface area contributed by atoms with Crippen LogP contribution in [0.2, 0.25) is 5.02 Å². The van der Waals surface area contributed by atoms with Crippen LogP contribution in [-0.2, 0) is 22.9 Å². The fraction of sp³-hybridized carbons (Fsp3) is 0.409. The second kappa shape index (κ2) is 7.97. The smallest absolute Gasteiger partial charge is 0.214 e. The molecule has 0 spiro atoms. The van der Waals surface area contributed by atoms with E-state index in [0.717, 1.165) is 36.4 Å². The highest BCUT2D eigenvalue weighted by Crippen LogP contribution is 2.38. The Hall–Kier alpha value is -1.69. The molecule has 1 aromatic heterocycles.